The van der Waals surface area contributed by atoms with Crippen molar-refractivity contribution in [1.82, 2.24) is 9.71 Å². The van der Waals surface area contributed by atoms with Crippen molar-refractivity contribution in [3.63, 3.8) is 0 Å². The van der Waals surface area contributed by atoms with Crippen LogP contribution in [-0.4, -0.2) is 25.9 Å². The fourth-order valence-electron chi connectivity index (χ4n) is 3.45. The molecule has 28 heavy (non-hydrogen) atoms. The van der Waals surface area contributed by atoms with E-state index in [1.54, 1.807) is 37.3 Å². The number of rotatable bonds is 5. The average molecular weight is 399 g/mol. The number of anilines is 1. The lowest BCUT2D eigenvalue weighted by molar-refractivity contribution is -0.115. The largest absolute Gasteiger partial charge is 0.441 e. The van der Waals surface area contributed by atoms with E-state index >= 15 is 0 Å². The minimum atomic E-state index is -3.75. The summed E-state index contributed by atoms with van der Waals surface area (Å²) in [6, 6.07) is 10.3. The molecule has 3 aromatic rings. The molecule has 1 heterocycles. The molecular formula is C20H21N3O4S. The average Bonchev–Trinajstić information content (AvgIpc) is 3.05. The third kappa shape index (κ3) is 3.93. The summed E-state index contributed by atoms with van der Waals surface area (Å²) in [6.07, 6.45) is 4.09. The summed E-state index contributed by atoms with van der Waals surface area (Å²) < 4.78 is 32.8. The number of aromatic nitrogens is 1. The number of carbonyl (C=O) groups excluding carboxylic acids is 1. The Morgan fingerprint density at radius 1 is 1.11 bits per heavy atom. The molecule has 1 aliphatic carbocycles. The van der Waals surface area contributed by atoms with Crippen LogP contribution in [0, 0.1) is 6.92 Å². The summed E-state index contributed by atoms with van der Waals surface area (Å²) in [4.78, 5) is 16.6. The first-order valence-corrected chi connectivity index (χ1v) is 10.7. The molecule has 0 spiro atoms. The third-order valence-electron chi connectivity index (χ3n) is 4.83. The van der Waals surface area contributed by atoms with Crippen LogP contribution >= 0.6 is 0 Å². The fraction of sp³-hybridized carbons (Fsp3) is 0.300. The van der Waals surface area contributed by atoms with Crippen molar-refractivity contribution in [3.05, 3.63) is 53.4 Å². The van der Waals surface area contributed by atoms with E-state index in [0.717, 1.165) is 31.2 Å². The van der Waals surface area contributed by atoms with Crippen molar-refractivity contribution >= 4 is 32.7 Å². The molecule has 0 fully saturated rings. The molecule has 4 rings (SSSR count). The van der Waals surface area contributed by atoms with E-state index < -0.39 is 15.9 Å². The van der Waals surface area contributed by atoms with E-state index in [0.29, 0.717) is 22.7 Å². The van der Waals surface area contributed by atoms with Gasteiger partial charge in [-0.3, -0.25) is 4.79 Å². The van der Waals surface area contributed by atoms with E-state index in [1.165, 1.54) is 5.56 Å². The highest BCUT2D eigenvalue weighted by atomic mass is 32.2. The van der Waals surface area contributed by atoms with Gasteiger partial charge in [-0.2, -0.15) is 0 Å². The smallest absolute Gasteiger partial charge is 0.241 e. The van der Waals surface area contributed by atoms with Crippen LogP contribution in [0.1, 0.15) is 29.9 Å². The number of hydrogen-bond acceptors (Lipinski definition) is 5. The molecule has 0 atom stereocenters. The summed E-state index contributed by atoms with van der Waals surface area (Å²) in [6.45, 7) is 1.39. The van der Waals surface area contributed by atoms with Gasteiger partial charge >= 0.3 is 0 Å². The first-order chi connectivity index (χ1) is 13.4. The number of oxazole rings is 1. The molecule has 1 aliphatic rings. The van der Waals surface area contributed by atoms with Gasteiger partial charge in [0.15, 0.2) is 11.5 Å². The molecule has 0 bridgehead atoms. The Balaban J connectivity index is 1.41. The van der Waals surface area contributed by atoms with Gasteiger partial charge in [-0.1, -0.05) is 6.07 Å². The molecular weight excluding hydrogens is 378 g/mol. The number of nitrogens with zero attached hydrogens (tertiary/aromatic N) is 1. The van der Waals surface area contributed by atoms with Crippen molar-refractivity contribution in [2.24, 2.45) is 0 Å². The molecule has 0 saturated carbocycles. The van der Waals surface area contributed by atoms with Crippen molar-refractivity contribution in [2.75, 3.05) is 11.9 Å². The van der Waals surface area contributed by atoms with Crippen LogP contribution in [0.4, 0.5) is 5.69 Å². The Morgan fingerprint density at radius 2 is 1.89 bits per heavy atom. The fourth-order valence-corrected chi connectivity index (χ4v) is 4.48. The lowest BCUT2D eigenvalue weighted by Gasteiger charge is -2.16. The van der Waals surface area contributed by atoms with Gasteiger partial charge in [-0.15, -0.1) is 0 Å². The standard InChI is InChI=1S/C20H21N3O4S/c1-13-22-18-11-16(7-9-19(18)27-13)23-20(24)12-21-28(25,26)17-8-6-14-4-2-3-5-15(14)10-17/h6-11,21H,2-5,12H2,1H3,(H,23,24). The highest BCUT2D eigenvalue weighted by Gasteiger charge is 2.18. The quantitative estimate of drug-likeness (QED) is 0.687. The predicted molar refractivity (Wildman–Crippen MR) is 106 cm³/mol. The molecule has 1 aromatic heterocycles. The Bertz CT molecular complexity index is 1150. The Morgan fingerprint density at radius 3 is 2.71 bits per heavy atom. The first kappa shape index (κ1) is 18.6. The van der Waals surface area contributed by atoms with Gasteiger partial charge in [0.05, 0.1) is 11.4 Å². The molecule has 146 valence electrons. The maximum atomic E-state index is 12.5. The van der Waals surface area contributed by atoms with Crippen molar-refractivity contribution in [2.45, 2.75) is 37.5 Å². The lowest BCUT2D eigenvalue weighted by Crippen LogP contribution is -2.33. The predicted octanol–water partition coefficient (Wildman–Crippen LogP) is 2.93. The van der Waals surface area contributed by atoms with Gasteiger partial charge in [0.1, 0.15) is 5.52 Å². The number of carbonyl (C=O) groups is 1. The summed E-state index contributed by atoms with van der Waals surface area (Å²) in [5.74, 6) is 0.0809. The zero-order valence-corrected chi connectivity index (χ0v) is 16.3. The van der Waals surface area contributed by atoms with Crippen LogP contribution in [0.5, 0.6) is 0 Å². The van der Waals surface area contributed by atoms with Gasteiger partial charge < -0.3 is 9.73 Å². The minimum absolute atomic E-state index is 0.195. The molecule has 2 N–H and O–H groups in total. The van der Waals surface area contributed by atoms with E-state index in [2.05, 4.69) is 15.0 Å². The number of sulfonamides is 1. The van der Waals surface area contributed by atoms with Crippen molar-refractivity contribution in [1.29, 1.82) is 0 Å². The Labute approximate surface area is 163 Å². The van der Waals surface area contributed by atoms with Crippen LogP contribution in [-0.2, 0) is 27.7 Å². The summed E-state index contributed by atoms with van der Waals surface area (Å²) in [5, 5.41) is 2.67. The summed E-state index contributed by atoms with van der Waals surface area (Å²) in [5.41, 5.74) is 4.07. The first-order valence-electron chi connectivity index (χ1n) is 9.19. The molecule has 0 aliphatic heterocycles. The Hall–Kier alpha value is -2.71. The van der Waals surface area contributed by atoms with E-state index in [1.807, 2.05) is 6.07 Å². The second kappa shape index (κ2) is 7.37. The molecule has 8 heteroatoms. The minimum Gasteiger partial charge on any atom is -0.441 e. The number of hydrogen-bond donors (Lipinski definition) is 2. The summed E-state index contributed by atoms with van der Waals surface area (Å²) in [7, 11) is -3.75. The van der Waals surface area contributed by atoms with Gasteiger partial charge in [-0.05, 0) is 67.1 Å². The van der Waals surface area contributed by atoms with Gasteiger partial charge in [0, 0.05) is 12.6 Å². The second-order valence-corrected chi connectivity index (χ2v) is 8.69. The maximum absolute atomic E-state index is 12.5. The Kier molecular flexibility index (Phi) is 4.91. The molecule has 0 saturated heterocycles. The van der Waals surface area contributed by atoms with Gasteiger partial charge in [0.2, 0.25) is 15.9 Å². The highest BCUT2D eigenvalue weighted by Crippen LogP contribution is 2.24. The second-order valence-electron chi connectivity index (χ2n) is 6.93. The van der Waals surface area contributed by atoms with Gasteiger partial charge in [0.25, 0.3) is 0 Å². The number of benzene rings is 2. The molecule has 2 aromatic carbocycles. The molecule has 0 unspecified atom stereocenters. The third-order valence-corrected chi connectivity index (χ3v) is 6.23. The molecule has 7 nitrogen and oxygen atoms in total. The van der Waals surface area contributed by atoms with Crippen LogP contribution < -0.4 is 10.0 Å². The number of nitrogens with one attached hydrogen (secondary N) is 2. The van der Waals surface area contributed by atoms with Crippen LogP contribution in [0.2, 0.25) is 0 Å². The van der Waals surface area contributed by atoms with Crippen molar-refractivity contribution < 1.29 is 17.6 Å². The zero-order chi connectivity index (χ0) is 19.7. The monoisotopic (exact) mass is 399 g/mol. The van der Waals surface area contributed by atoms with Crippen LogP contribution in [0.15, 0.2) is 45.7 Å². The van der Waals surface area contributed by atoms with Gasteiger partial charge in [-0.25, -0.2) is 18.1 Å². The lowest BCUT2D eigenvalue weighted by atomic mass is 9.92. The zero-order valence-electron chi connectivity index (χ0n) is 15.5. The number of fused-ring (bicyclic) bond motifs is 2. The number of aryl methyl sites for hydroxylation is 3. The van der Waals surface area contributed by atoms with E-state index in [9.17, 15) is 13.2 Å². The van der Waals surface area contributed by atoms with E-state index in [4.69, 9.17) is 4.42 Å². The van der Waals surface area contributed by atoms with Crippen molar-refractivity contribution in [3.8, 4) is 0 Å². The molecule has 1 amide bonds. The highest BCUT2D eigenvalue weighted by molar-refractivity contribution is 7.89. The molecule has 0 radical (unpaired) electrons. The normalized spacial score (nSPS) is 14.0. The maximum Gasteiger partial charge on any atom is 0.241 e. The number of amides is 1. The van der Waals surface area contributed by atoms with E-state index in [-0.39, 0.29) is 11.4 Å². The topological polar surface area (TPSA) is 101 Å². The van der Waals surface area contributed by atoms with Crippen LogP contribution in [0.3, 0.4) is 0 Å². The summed E-state index contributed by atoms with van der Waals surface area (Å²) >= 11 is 0. The SMILES string of the molecule is Cc1nc2cc(NC(=O)CNS(=O)(=O)c3ccc4c(c3)CCCC4)ccc2o1. The van der Waals surface area contributed by atoms with Crippen LogP contribution in [0.25, 0.3) is 11.1 Å².